The topological polar surface area (TPSA) is 98.5 Å². The molecule has 0 aliphatic carbocycles. The standard InChI is InChI=1S/C10H12ClN3O3/c1-17-9-3-2-6(4-7(9)11)10(16)8(15)5-13-14-12/h2-4,8,10,15-16H,5H2,1H3. The lowest BCUT2D eigenvalue weighted by atomic mass is 10.0. The van der Waals surface area contributed by atoms with E-state index in [2.05, 4.69) is 10.0 Å². The molecule has 1 rings (SSSR count). The third kappa shape index (κ3) is 3.51. The fourth-order valence-electron chi connectivity index (χ4n) is 1.31. The molecule has 2 unspecified atom stereocenters. The highest BCUT2D eigenvalue weighted by Gasteiger charge is 2.18. The molecule has 0 aliphatic heterocycles. The van der Waals surface area contributed by atoms with Crippen LogP contribution in [0.2, 0.25) is 5.02 Å². The fraction of sp³-hybridized carbons (Fsp3) is 0.400. The maximum absolute atomic E-state index is 9.77. The van der Waals surface area contributed by atoms with Crippen LogP contribution in [0.3, 0.4) is 0 Å². The number of azide groups is 1. The Labute approximate surface area is 103 Å². The number of nitrogens with zero attached hydrogens (tertiary/aromatic N) is 3. The van der Waals surface area contributed by atoms with Crippen molar-refractivity contribution in [3.63, 3.8) is 0 Å². The van der Waals surface area contributed by atoms with E-state index in [0.29, 0.717) is 16.3 Å². The summed E-state index contributed by atoms with van der Waals surface area (Å²) in [5.41, 5.74) is 8.54. The lowest BCUT2D eigenvalue weighted by Crippen LogP contribution is -2.21. The first-order chi connectivity index (χ1) is 8.10. The summed E-state index contributed by atoms with van der Waals surface area (Å²) in [6, 6.07) is 4.65. The Morgan fingerprint density at radius 3 is 2.76 bits per heavy atom. The van der Waals surface area contributed by atoms with Gasteiger partial charge in [0.15, 0.2) is 0 Å². The molecule has 0 aromatic heterocycles. The highest BCUT2D eigenvalue weighted by Crippen LogP contribution is 2.28. The number of halogens is 1. The summed E-state index contributed by atoms with van der Waals surface area (Å²) in [6.45, 7) is -0.207. The van der Waals surface area contributed by atoms with E-state index in [1.807, 2.05) is 0 Å². The second-order valence-electron chi connectivity index (χ2n) is 3.32. The van der Waals surface area contributed by atoms with Crippen molar-refractivity contribution < 1.29 is 14.9 Å². The molecule has 0 amide bonds. The Kier molecular flexibility index (Phi) is 5.06. The first-order valence-corrected chi connectivity index (χ1v) is 5.18. The van der Waals surface area contributed by atoms with Crippen molar-refractivity contribution in [2.45, 2.75) is 12.2 Å². The molecular weight excluding hydrogens is 246 g/mol. The van der Waals surface area contributed by atoms with Gasteiger partial charge in [-0.15, -0.1) is 0 Å². The summed E-state index contributed by atoms with van der Waals surface area (Å²) in [6.07, 6.45) is -2.33. The van der Waals surface area contributed by atoms with Gasteiger partial charge < -0.3 is 14.9 Å². The van der Waals surface area contributed by atoms with Gasteiger partial charge in [0.25, 0.3) is 0 Å². The molecule has 0 saturated heterocycles. The van der Waals surface area contributed by atoms with Crippen LogP contribution < -0.4 is 4.74 Å². The predicted octanol–water partition coefficient (Wildman–Crippen LogP) is 2.05. The third-order valence-corrected chi connectivity index (χ3v) is 2.51. The van der Waals surface area contributed by atoms with Crippen LogP contribution in [0, 0.1) is 0 Å². The van der Waals surface area contributed by atoms with Gasteiger partial charge in [0.05, 0.1) is 24.8 Å². The van der Waals surface area contributed by atoms with E-state index in [1.165, 1.54) is 13.2 Å². The van der Waals surface area contributed by atoms with Gasteiger partial charge in [0.1, 0.15) is 11.9 Å². The third-order valence-electron chi connectivity index (χ3n) is 2.21. The Balaban J connectivity index is 2.85. The highest BCUT2D eigenvalue weighted by molar-refractivity contribution is 6.32. The molecular formula is C10H12ClN3O3. The predicted molar refractivity (Wildman–Crippen MR) is 63.0 cm³/mol. The van der Waals surface area contributed by atoms with Gasteiger partial charge in [-0.1, -0.05) is 22.8 Å². The van der Waals surface area contributed by atoms with Crippen LogP contribution in [0.5, 0.6) is 5.75 Å². The molecule has 17 heavy (non-hydrogen) atoms. The van der Waals surface area contributed by atoms with Crippen molar-refractivity contribution >= 4 is 11.6 Å². The van der Waals surface area contributed by atoms with Crippen LogP contribution in [0.1, 0.15) is 11.7 Å². The van der Waals surface area contributed by atoms with E-state index in [-0.39, 0.29) is 6.54 Å². The van der Waals surface area contributed by atoms with E-state index >= 15 is 0 Å². The Bertz CT molecular complexity index is 435. The normalized spacial score (nSPS) is 13.6. The van der Waals surface area contributed by atoms with Gasteiger partial charge in [0.2, 0.25) is 0 Å². The molecule has 0 spiro atoms. The minimum atomic E-state index is -1.17. The summed E-state index contributed by atoms with van der Waals surface area (Å²) >= 11 is 5.88. The summed E-state index contributed by atoms with van der Waals surface area (Å²) in [4.78, 5) is 2.50. The average Bonchev–Trinajstić information content (AvgIpc) is 2.34. The largest absolute Gasteiger partial charge is 0.495 e. The maximum atomic E-state index is 9.77. The summed E-state index contributed by atoms with van der Waals surface area (Å²) in [7, 11) is 1.48. The van der Waals surface area contributed by atoms with Crippen molar-refractivity contribution in [1.82, 2.24) is 0 Å². The highest BCUT2D eigenvalue weighted by atomic mass is 35.5. The van der Waals surface area contributed by atoms with Crippen LogP contribution in [0.25, 0.3) is 10.4 Å². The van der Waals surface area contributed by atoms with Crippen molar-refractivity contribution in [1.29, 1.82) is 0 Å². The number of aliphatic hydroxyl groups excluding tert-OH is 2. The number of methoxy groups -OCH3 is 1. The Hall–Kier alpha value is -1.46. The number of ether oxygens (including phenoxy) is 1. The fourth-order valence-corrected chi connectivity index (χ4v) is 1.57. The first kappa shape index (κ1) is 13.6. The van der Waals surface area contributed by atoms with Crippen molar-refractivity contribution in [3.8, 4) is 5.75 Å². The maximum Gasteiger partial charge on any atom is 0.137 e. The summed E-state index contributed by atoms with van der Waals surface area (Å²) < 4.78 is 4.96. The monoisotopic (exact) mass is 257 g/mol. The Morgan fingerprint density at radius 1 is 1.53 bits per heavy atom. The van der Waals surface area contributed by atoms with Crippen molar-refractivity contribution in [2.75, 3.05) is 13.7 Å². The van der Waals surface area contributed by atoms with Crippen LogP contribution in [-0.2, 0) is 0 Å². The molecule has 1 aromatic carbocycles. The number of benzene rings is 1. The van der Waals surface area contributed by atoms with Crippen LogP contribution in [0.15, 0.2) is 23.3 Å². The molecule has 0 heterocycles. The SMILES string of the molecule is COc1ccc(C(O)C(O)CN=[N+]=[N-])cc1Cl. The summed E-state index contributed by atoms with van der Waals surface area (Å²) in [5, 5.41) is 22.8. The molecule has 6 nitrogen and oxygen atoms in total. The zero-order chi connectivity index (χ0) is 12.8. The quantitative estimate of drug-likeness (QED) is 0.480. The molecule has 2 N–H and O–H groups in total. The van der Waals surface area contributed by atoms with E-state index in [0.717, 1.165) is 0 Å². The number of rotatable bonds is 5. The van der Waals surface area contributed by atoms with Gasteiger partial charge in [-0.2, -0.15) is 0 Å². The van der Waals surface area contributed by atoms with E-state index in [4.69, 9.17) is 21.9 Å². The van der Waals surface area contributed by atoms with Gasteiger partial charge in [0, 0.05) is 4.91 Å². The Morgan fingerprint density at radius 2 is 2.24 bits per heavy atom. The first-order valence-electron chi connectivity index (χ1n) is 4.80. The molecule has 0 aliphatic rings. The zero-order valence-electron chi connectivity index (χ0n) is 9.12. The minimum Gasteiger partial charge on any atom is -0.495 e. The molecule has 0 fully saturated rings. The number of hydrogen-bond acceptors (Lipinski definition) is 4. The smallest absolute Gasteiger partial charge is 0.137 e. The van der Waals surface area contributed by atoms with Crippen LogP contribution >= 0.6 is 11.6 Å². The van der Waals surface area contributed by atoms with Gasteiger partial charge in [-0.25, -0.2) is 0 Å². The minimum absolute atomic E-state index is 0.207. The molecule has 0 bridgehead atoms. The molecule has 0 radical (unpaired) electrons. The van der Waals surface area contributed by atoms with Gasteiger partial charge >= 0.3 is 0 Å². The lowest BCUT2D eigenvalue weighted by Gasteiger charge is -2.17. The lowest BCUT2D eigenvalue weighted by molar-refractivity contribution is 0.0244. The summed E-state index contributed by atoms with van der Waals surface area (Å²) in [5.74, 6) is 0.479. The molecule has 2 atom stereocenters. The van der Waals surface area contributed by atoms with E-state index < -0.39 is 12.2 Å². The van der Waals surface area contributed by atoms with E-state index in [9.17, 15) is 10.2 Å². The van der Waals surface area contributed by atoms with Crippen LogP contribution in [0.4, 0.5) is 0 Å². The number of hydrogen-bond donors (Lipinski definition) is 2. The van der Waals surface area contributed by atoms with Crippen molar-refractivity contribution in [2.24, 2.45) is 5.11 Å². The molecule has 92 valence electrons. The van der Waals surface area contributed by atoms with Gasteiger partial charge in [-0.05, 0) is 23.2 Å². The van der Waals surface area contributed by atoms with Crippen molar-refractivity contribution in [3.05, 3.63) is 39.2 Å². The zero-order valence-corrected chi connectivity index (χ0v) is 9.87. The second-order valence-corrected chi connectivity index (χ2v) is 3.73. The molecule has 1 aromatic rings. The van der Waals surface area contributed by atoms with Gasteiger partial charge in [-0.3, -0.25) is 0 Å². The van der Waals surface area contributed by atoms with Crippen LogP contribution in [-0.4, -0.2) is 30.0 Å². The molecule has 7 heteroatoms. The molecule has 0 saturated carbocycles. The number of aliphatic hydroxyl groups is 2. The average molecular weight is 258 g/mol. The second kappa shape index (κ2) is 6.32. The van der Waals surface area contributed by atoms with E-state index in [1.54, 1.807) is 12.1 Å².